The third kappa shape index (κ3) is 5.09. The van der Waals surface area contributed by atoms with E-state index in [0.29, 0.717) is 12.3 Å². The summed E-state index contributed by atoms with van der Waals surface area (Å²) in [5.41, 5.74) is 0. The van der Waals surface area contributed by atoms with Crippen molar-refractivity contribution < 1.29 is 14.7 Å². The number of amides is 2. The predicted octanol–water partition coefficient (Wildman–Crippen LogP) is 1.98. The van der Waals surface area contributed by atoms with E-state index in [1.165, 1.54) is 25.7 Å². The lowest BCUT2D eigenvalue weighted by molar-refractivity contribution is -0.137. The number of rotatable bonds is 8. The topological polar surface area (TPSA) is 78.4 Å². The molecule has 0 radical (unpaired) electrons. The van der Waals surface area contributed by atoms with Crippen molar-refractivity contribution in [3.63, 3.8) is 0 Å². The van der Waals surface area contributed by atoms with Crippen molar-refractivity contribution in [2.45, 2.75) is 51.5 Å². The van der Waals surface area contributed by atoms with Gasteiger partial charge in [0.25, 0.3) is 0 Å². The molecule has 3 N–H and O–H groups in total. The number of hydrogen-bond acceptors (Lipinski definition) is 2. The highest BCUT2D eigenvalue weighted by molar-refractivity contribution is 5.74. The molecular weight excluding hydrogens is 244 g/mol. The summed E-state index contributed by atoms with van der Waals surface area (Å²) in [7, 11) is 0. The molecule has 0 saturated heterocycles. The largest absolute Gasteiger partial charge is 0.481 e. The lowest BCUT2D eigenvalue weighted by Gasteiger charge is -2.18. The third-order valence-corrected chi connectivity index (χ3v) is 4.12. The van der Waals surface area contributed by atoms with Crippen molar-refractivity contribution in [1.29, 1.82) is 0 Å². The highest BCUT2D eigenvalue weighted by Gasteiger charge is 2.41. The van der Waals surface area contributed by atoms with Gasteiger partial charge in [-0.15, -0.1) is 0 Å². The van der Waals surface area contributed by atoms with Gasteiger partial charge in [-0.25, -0.2) is 4.79 Å². The van der Waals surface area contributed by atoms with E-state index in [9.17, 15) is 9.59 Å². The zero-order valence-corrected chi connectivity index (χ0v) is 11.5. The number of hydrogen-bond donors (Lipinski definition) is 3. The first-order valence-electron chi connectivity index (χ1n) is 7.32. The molecule has 5 nitrogen and oxygen atoms in total. The Labute approximate surface area is 114 Å². The Morgan fingerprint density at radius 2 is 1.79 bits per heavy atom. The van der Waals surface area contributed by atoms with Crippen LogP contribution in [-0.2, 0) is 4.79 Å². The monoisotopic (exact) mass is 268 g/mol. The Morgan fingerprint density at radius 3 is 2.26 bits per heavy atom. The van der Waals surface area contributed by atoms with E-state index in [0.717, 1.165) is 18.4 Å². The molecule has 1 atom stereocenters. The highest BCUT2D eigenvalue weighted by atomic mass is 16.4. The van der Waals surface area contributed by atoms with Crippen LogP contribution in [0.1, 0.15) is 45.4 Å². The quantitative estimate of drug-likeness (QED) is 0.630. The van der Waals surface area contributed by atoms with Gasteiger partial charge < -0.3 is 15.7 Å². The molecule has 2 saturated carbocycles. The Bertz CT molecular complexity index is 326. The maximum atomic E-state index is 11.7. The van der Waals surface area contributed by atoms with Crippen molar-refractivity contribution in [3.8, 4) is 0 Å². The van der Waals surface area contributed by atoms with Gasteiger partial charge in [-0.05, 0) is 56.8 Å². The molecule has 0 aromatic rings. The summed E-state index contributed by atoms with van der Waals surface area (Å²) in [4.78, 5) is 22.2. The summed E-state index contributed by atoms with van der Waals surface area (Å²) in [6, 6.07) is -0.263. The highest BCUT2D eigenvalue weighted by Crippen LogP contribution is 2.48. The molecule has 0 bridgehead atoms. The van der Waals surface area contributed by atoms with Crippen LogP contribution in [0.5, 0.6) is 0 Å². The second-order valence-corrected chi connectivity index (χ2v) is 6.03. The van der Waals surface area contributed by atoms with Gasteiger partial charge >= 0.3 is 12.0 Å². The molecule has 5 heteroatoms. The number of urea groups is 1. The van der Waals surface area contributed by atoms with E-state index in [1.807, 2.05) is 6.92 Å². The maximum Gasteiger partial charge on any atom is 0.315 e. The van der Waals surface area contributed by atoms with Gasteiger partial charge in [0.2, 0.25) is 0 Å². The van der Waals surface area contributed by atoms with Crippen LogP contribution < -0.4 is 10.6 Å². The standard InChI is InChI=1S/C14H24N2O3/c1-9(2-7-13(17)18)16-14(19)15-8-12(10-3-4-10)11-5-6-11/h9-12H,2-8H2,1H3,(H,17,18)(H2,15,16,19). The summed E-state index contributed by atoms with van der Waals surface area (Å²) >= 11 is 0. The summed E-state index contributed by atoms with van der Waals surface area (Å²) in [6.07, 6.45) is 5.84. The van der Waals surface area contributed by atoms with E-state index < -0.39 is 5.97 Å². The van der Waals surface area contributed by atoms with Crippen molar-refractivity contribution in [2.75, 3.05) is 6.54 Å². The van der Waals surface area contributed by atoms with Crippen LogP contribution in [0.3, 0.4) is 0 Å². The fraction of sp³-hybridized carbons (Fsp3) is 0.857. The minimum absolute atomic E-state index is 0.0915. The molecule has 2 aliphatic rings. The van der Waals surface area contributed by atoms with Crippen LogP contribution in [0.2, 0.25) is 0 Å². The molecule has 2 aliphatic carbocycles. The maximum absolute atomic E-state index is 11.7. The van der Waals surface area contributed by atoms with E-state index in [-0.39, 0.29) is 18.5 Å². The second kappa shape index (κ2) is 6.26. The van der Waals surface area contributed by atoms with Crippen LogP contribution in [0.4, 0.5) is 4.79 Å². The van der Waals surface area contributed by atoms with Gasteiger partial charge in [-0.2, -0.15) is 0 Å². The molecule has 108 valence electrons. The smallest absolute Gasteiger partial charge is 0.315 e. The number of carbonyl (C=O) groups is 2. The molecular formula is C14H24N2O3. The molecule has 0 aromatic heterocycles. The van der Waals surface area contributed by atoms with Gasteiger partial charge in [0.1, 0.15) is 0 Å². The molecule has 0 aliphatic heterocycles. The fourth-order valence-corrected chi connectivity index (χ4v) is 2.66. The summed E-state index contributed by atoms with van der Waals surface area (Å²) < 4.78 is 0. The van der Waals surface area contributed by atoms with Crippen LogP contribution in [0.25, 0.3) is 0 Å². The molecule has 0 aromatic carbocycles. The molecule has 0 spiro atoms. The number of aliphatic carboxylic acids is 1. The van der Waals surface area contributed by atoms with Crippen LogP contribution in [-0.4, -0.2) is 29.7 Å². The molecule has 0 heterocycles. The van der Waals surface area contributed by atoms with Crippen LogP contribution in [0, 0.1) is 17.8 Å². The zero-order valence-electron chi connectivity index (χ0n) is 11.5. The molecule has 2 rings (SSSR count). The van der Waals surface area contributed by atoms with Crippen LogP contribution in [0.15, 0.2) is 0 Å². The minimum atomic E-state index is -0.823. The van der Waals surface area contributed by atoms with E-state index in [4.69, 9.17) is 5.11 Å². The number of carbonyl (C=O) groups excluding carboxylic acids is 1. The lowest BCUT2D eigenvalue weighted by atomic mass is 9.98. The Hall–Kier alpha value is -1.26. The van der Waals surface area contributed by atoms with Gasteiger partial charge in [0.05, 0.1) is 0 Å². The van der Waals surface area contributed by atoms with Crippen LogP contribution >= 0.6 is 0 Å². The van der Waals surface area contributed by atoms with Crippen molar-refractivity contribution in [2.24, 2.45) is 17.8 Å². The average Bonchev–Trinajstić information content (AvgIpc) is 3.19. The first-order valence-corrected chi connectivity index (χ1v) is 7.32. The number of carboxylic acids is 1. The summed E-state index contributed by atoms with van der Waals surface area (Å²) in [5, 5.41) is 14.3. The van der Waals surface area contributed by atoms with Crippen molar-refractivity contribution in [1.82, 2.24) is 10.6 Å². The Balaban J connectivity index is 1.61. The second-order valence-electron chi connectivity index (χ2n) is 6.03. The first kappa shape index (κ1) is 14.2. The van der Waals surface area contributed by atoms with Gasteiger partial charge in [-0.1, -0.05) is 0 Å². The van der Waals surface area contributed by atoms with E-state index in [2.05, 4.69) is 10.6 Å². The first-order chi connectivity index (χ1) is 9.06. The molecule has 1 unspecified atom stereocenters. The number of carboxylic acid groups (broad SMARTS) is 1. The van der Waals surface area contributed by atoms with Crippen molar-refractivity contribution >= 4 is 12.0 Å². The third-order valence-electron chi connectivity index (χ3n) is 4.12. The number of nitrogens with one attached hydrogen (secondary N) is 2. The van der Waals surface area contributed by atoms with Crippen molar-refractivity contribution in [3.05, 3.63) is 0 Å². The van der Waals surface area contributed by atoms with Gasteiger partial charge in [0, 0.05) is 19.0 Å². The predicted molar refractivity (Wildman–Crippen MR) is 71.8 cm³/mol. The van der Waals surface area contributed by atoms with E-state index in [1.54, 1.807) is 0 Å². The SMILES string of the molecule is CC(CCC(=O)O)NC(=O)NCC(C1CC1)C1CC1. The molecule has 2 fully saturated rings. The minimum Gasteiger partial charge on any atom is -0.481 e. The summed E-state index contributed by atoms with van der Waals surface area (Å²) in [5.74, 6) is 1.51. The summed E-state index contributed by atoms with van der Waals surface area (Å²) in [6.45, 7) is 2.61. The zero-order chi connectivity index (χ0) is 13.8. The fourth-order valence-electron chi connectivity index (χ4n) is 2.66. The normalized spacial score (nSPS) is 20.1. The lowest BCUT2D eigenvalue weighted by Crippen LogP contribution is -2.43. The van der Waals surface area contributed by atoms with Gasteiger partial charge in [0.15, 0.2) is 0 Å². The molecule has 2 amide bonds. The average molecular weight is 268 g/mol. The van der Waals surface area contributed by atoms with Gasteiger partial charge in [-0.3, -0.25) is 4.79 Å². The Kier molecular flexibility index (Phi) is 4.66. The Morgan fingerprint density at radius 1 is 1.21 bits per heavy atom. The molecule has 19 heavy (non-hydrogen) atoms. The van der Waals surface area contributed by atoms with E-state index >= 15 is 0 Å².